The van der Waals surface area contributed by atoms with Crippen LogP contribution in [0, 0.1) is 0 Å². The molecule has 0 atom stereocenters. The van der Waals surface area contributed by atoms with Gasteiger partial charge in [0.25, 0.3) is 0 Å². The van der Waals surface area contributed by atoms with E-state index >= 15 is 0 Å². The first-order valence-electron chi connectivity index (χ1n) is 7.74. The number of rotatable bonds is 7. The monoisotopic (exact) mass is 366 g/mol. The number of ether oxygens (including phenoxy) is 1. The van der Waals surface area contributed by atoms with E-state index in [0.717, 1.165) is 15.5 Å². The van der Waals surface area contributed by atoms with E-state index in [2.05, 4.69) is 0 Å². The van der Waals surface area contributed by atoms with Gasteiger partial charge < -0.3 is 8.92 Å². The van der Waals surface area contributed by atoms with Crippen molar-refractivity contribution in [2.24, 2.45) is 0 Å². The van der Waals surface area contributed by atoms with Crippen molar-refractivity contribution in [3.8, 4) is 11.5 Å². The summed E-state index contributed by atoms with van der Waals surface area (Å²) in [6.45, 7) is 7.16. The summed E-state index contributed by atoms with van der Waals surface area (Å²) in [5.74, 6) is 1.17. The maximum absolute atomic E-state index is 11.7. The third-order valence-electron chi connectivity index (χ3n) is 3.04. The highest BCUT2D eigenvalue weighted by molar-refractivity contribution is 7.99. The van der Waals surface area contributed by atoms with Gasteiger partial charge in [0.15, 0.2) is 0 Å². The van der Waals surface area contributed by atoms with Gasteiger partial charge in [-0.2, -0.15) is 8.42 Å². The van der Waals surface area contributed by atoms with Crippen LogP contribution in [0.1, 0.15) is 27.7 Å². The Hall–Kier alpha value is -1.66. The molecular formula is C18H22O4S2. The lowest BCUT2D eigenvalue weighted by atomic mass is 10.3. The molecule has 4 nitrogen and oxygen atoms in total. The molecule has 0 fully saturated rings. The molecule has 0 unspecified atom stereocenters. The molecule has 0 aliphatic carbocycles. The van der Waals surface area contributed by atoms with Crippen LogP contribution in [-0.2, 0) is 10.1 Å². The van der Waals surface area contributed by atoms with Gasteiger partial charge >= 0.3 is 10.1 Å². The summed E-state index contributed by atoms with van der Waals surface area (Å²) in [6, 6.07) is 14.9. The van der Waals surface area contributed by atoms with Crippen molar-refractivity contribution in [2.75, 3.05) is 0 Å². The van der Waals surface area contributed by atoms with E-state index < -0.39 is 15.4 Å². The van der Waals surface area contributed by atoms with Gasteiger partial charge in [-0.3, -0.25) is 0 Å². The molecular weight excluding hydrogens is 344 g/mol. The molecule has 2 aromatic rings. The first kappa shape index (κ1) is 18.7. The Morgan fingerprint density at radius 3 is 1.67 bits per heavy atom. The fourth-order valence-electron chi connectivity index (χ4n) is 1.79. The predicted octanol–water partition coefficient (Wildman–Crippen LogP) is 4.74. The maximum atomic E-state index is 11.7. The quantitative estimate of drug-likeness (QED) is 0.662. The summed E-state index contributed by atoms with van der Waals surface area (Å²) in [5, 5.41) is -0.571. The summed E-state index contributed by atoms with van der Waals surface area (Å²) in [6.07, 6.45) is 0.151. The molecule has 0 bridgehead atoms. The van der Waals surface area contributed by atoms with Crippen molar-refractivity contribution in [1.29, 1.82) is 0 Å². The van der Waals surface area contributed by atoms with Crippen molar-refractivity contribution in [3.05, 3.63) is 48.5 Å². The fraction of sp³-hybridized carbons (Fsp3) is 0.333. The first-order chi connectivity index (χ1) is 11.3. The largest absolute Gasteiger partial charge is 0.491 e. The van der Waals surface area contributed by atoms with Crippen LogP contribution in [0.15, 0.2) is 58.3 Å². The predicted molar refractivity (Wildman–Crippen MR) is 97.5 cm³/mol. The van der Waals surface area contributed by atoms with E-state index in [1.54, 1.807) is 37.7 Å². The molecule has 0 aliphatic rings. The molecule has 0 saturated heterocycles. The van der Waals surface area contributed by atoms with Crippen LogP contribution in [0.25, 0.3) is 0 Å². The normalized spacial score (nSPS) is 11.8. The van der Waals surface area contributed by atoms with Crippen LogP contribution in [-0.4, -0.2) is 19.8 Å². The minimum absolute atomic E-state index is 0.151. The van der Waals surface area contributed by atoms with Crippen molar-refractivity contribution in [1.82, 2.24) is 0 Å². The third-order valence-corrected chi connectivity index (χ3v) is 5.64. The minimum atomic E-state index is -3.56. The van der Waals surface area contributed by atoms with Gasteiger partial charge in [-0.15, -0.1) is 0 Å². The molecule has 24 heavy (non-hydrogen) atoms. The SMILES string of the molecule is CC(C)Oc1ccc(Sc2ccc(OS(=O)(=O)C(C)C)cc2)cc1. The zero-order chi connectivity index (χ0) is 17.7. The lowest BCUT2D eigenvalue weighted by Crippen LogP contribution is -2.19. The second-order valence-electron chi connectivity index (χ2n) is 5.84. The van der Waals surface area contributed by atoms with E-state index in [9.17, 15) is 8.42 Å². The lowest BCUT2D eigenvalue weighted by molar-refractivity contribution is 0.242. The van der Waals surface area contributed by atoms with Crippen LogP contribution in [0.3, 0.4) is 0 Å². The van der Waals surface area contributed by atoms with Gasteiger partial charge in [-0.05, 0) is 76.2 Å². The van der Waals surface area contributed by atoms with Crippen LogP contribution in [0.5, 0.6) is 11.5 Å². The van der Waals surface area contributed by atoms with Crippen molar-refractivity contribution >= 4 is 21.9 Å². The van der Waals surface area contributed by atoms with E-state index in [1.807, 2.05) is 50.2 Å². The smallest absolute Gasteiger partial charge is 0.311 e. The average molecular weight is 367 g/mol. The highest BCUT2D eigenvalue weighted by Gasteiger charge is 2.17. The van der Waals surface area contributed by atoms with Crippen LogP contribution in [0.2, 0.25) is 0 Å². The highest BCUT2D eigenvalue weighted by Crippen LogP contribution is 2.30. The molecule has 2 aromatic carbocycles. The summed E-state index contributed by atoms with van der Waals surface area (Å²) in [7, 11) is -3.56. The molecule has 0 spiro atoms. The lowest BCUT2D eigenvalue weighted by Gasteiger charge is -2.11. The third kappa shape index (κ3) is 5.46. The van der Waals surface area contributed by atoms with Gasteiger partial charge in [0, 0.05) is 9.79 Å². The molecule has 130 valence electrons. The zero-order valence-corrected chi connectivity index (χ0v) is 15.9. The van der Waals surface area contributed by atoms with Gasteiger partial charge in [0.1, 0.15) is 11.5 Å². The van der Waals surface area contributed by atoms with Gasteiger partial charge in [-0.1, -0.05) is 11.8 Å². The Bertz CT molecular complexity index is 749. The second-order valence-corrected chi connectivity index (χ2v) is 9.08. The molecule has 0 heterocycles. The Balaban J connectivity index is 2.01. The summed E-state index contributed by atoms with van der Waals surface area (Å²) < 4.78 is 34.2. The molecule has 0 radical (unpaired) electrons. The molecule has 0 aliphatic heterocycles. The van der Waals surface area contributed by atoms with Crippen molar-refractivity contribution in [2.45, 2.75) is 48.8 Å². The van der Waals surface area contributed by atoms with E-state index in [0.29, 0.717) is 5.75 Å². The fourth-order valence-corrected chi connectivity index (χ4v) is 3.18. The molecule has 0 amide bonds. The van der Waals surface area contributed by atoms with E-state index in [4.69, 9.17) is 8.92 Å². The molecule has 0 aromatic heterocycles. The molecule has 0 saturated carbocycles. The molecule has 2 rings (SSSR count). The average Bonchev–Trinajstić information content (AvgIpc) is 2.50. The van der Waals surface area contributed by atoms with Crippen molar-refractivity contribution in [3.63, 3.8) is 0 Å². The highest BCUT2D eigenvalue weighted by atomic mass is 32.2. The van der Waals surface area contributed by atoms with E-state index in [-0.39, 0.29) is 6.10 Å². The van der Waals surface area contributed by atoms with Crippen molar-refractivity contribution < 1.29 is 17.3 Å². The topological polar surface area (TPSA) is 52.6 Å². The van der Waals surface area contributed by atoms with Crippen LogP contribution < -0.4 is 8.92 Å². The Morgan fingerprint density at radius 2 is 1.25 bits per heavy atom. The number of benzene rings is 2. The van der Waals surface area contributed by atoms with Gasteiger partial charge in [0.2, 0.25) is 0 Å². The van der Waals surface area contributed by atoms with Gasteiger partial charge in [-0.25, -0.2) is 0 Å². The zero-order valence-electron chi connectivity index (χ0n) is 14.2. The summed E-state index contributed by atoms with van der Waals surface area (Å²) >= 11 is 1.59. The summed E-state index contributed by atoms with van der Waals surface area (Å²) in [5.41, 5.74) is 0. The first-order valence-corrected chi connectivity index (χ1v) is 10.0. The van der Waals surface area contributed by atoms with Gasteiger partial charge in [0.05, 0.1) is 11.4 Å². The number of hydrogen-bond acceptors (Lipinski definition) is 5. The Kier molecular flexibility index (Phi) is 6.18. The molecule has 6 heteroatoms. The standard InChI is InChI=1S/C18H22O4S2/c1-13(2)21-15-5-9-17(10-6-15)23-18-11-7-16(8-12-18)22-24(19,20)14(3)4/h5-14H,1-4H3. The minimum Gasteiger partial charge on any atom is -0.491 e. The Morgan fingerprint density at radius 1 is 0.792 bits per heavy atom. The molecule has 0 N–H and O–H groups in total. The Labute approximate surface area is 148 Å². The second kappa shape index (κ2) is 7.94. The van der Waals surface area contributed by atoms with Crippen LogP contribution >= 0.6 is 11.8 Å². The maximum Gasteiger partial charge on any atom is 0.311 e. The van der Waals surface area contributed by atoms with E-state index in [1.165, 1.54) is 0 Å². The number of hydrogen-bond donors (Lipinski definition) is 0. The summed E-state index contributed by atoms with van der Waals surface area (Å²) in [4.78, 5) is 2.08. The van der Waals surface area contributed by atoms with Crippen LogP contribution in [0.4, 0.5) is 0 Å².